The van der Waals surface area contributed by atoms with Crippen LogP contribution in [0.2, 0.25) is 5.02 Å². The summed E-state index contributed by atoms with van der Waals surface area (Å²) in [7, 11) is 0. The van der Waals surface area contributed by atoms with E-state index >= 15 is 0 Å². The molecule has 5 heteroatoms. The summed E-state index contributed by atoms with van der Waals surface area (Å²) in [6.45, 7) is 2.06. The van der Waals surface area contributed by atoms with E-state index in [0.717, 1.165) is 31.2 Å². The topological polar surface area (TPSA) is 64.3 Å². The van der Waals surface area contributed by atoms with Gasteiger partial charge in [-0.15, -0.1) is 0 Å². The lowest BCUT2D eigenvalue weighted by atomic mass is 10.0. The first-order chi connectivity index (χ1) is 9.58. The van der Waals surface area contributed by atoms with Crippen LogP contribution in [0, 0.1) is 0 Å². The van der Waals surface area contributed by atoms with E-state index in [1.54, 1.807) is 6.07 Å². The molecule has 1 aliphatic carbocycles. The van der Waals surface area contributed by atoms with Gasteiger partial charge >= 0.3 is 0 Å². The standard InChI is InChI=1S/C15H21ClN2O2/c1-2-11(17)7-10-3-6-14(13(16)8-10)20-9-15(19)18-12-4-5-12/h3,6,8,11-12H,2,4-5,7,9,17H2,1H3,(H,18,19). The highest BCUT2D eigenvalue weighted by atomic mass is 35.5. The van der Waals surface area contributed by atoms with Crippen molar-refractivity contribution in [3.8, 4) is 5.75 Å². The van der Waals surface area contributed by atoms with Gasteiger partial charge in [0.1, 0.15) is 5.75 Å². The Morgan fingerprint density at radius 1 is 1.55 bits per heavy atom. The van der Waals surface area contributed by atoms with Crippen molar-refractivity contribution in [2.75, 3.05) is 6.61 Å². The summed E-state index contributed by atoms with van der Waals surface area (Å²) in [5, 5.41) is 3.38. The number of nitrogens with two attached hydrogens (primary N) is 1. The van der Waals surface area contributed by atoms with Crippen molar-refractivity contribution < 1.29 is 9.53 Å². The molecule has 110 valence electrons. The van der Waals surface area contributed by atoms with E-state index in [0.29, 0.717) is 16.8 Å². The average molecular weight is 297 g/mol. The van der Waals surface area contributed by atoms with Crippen LogP contribution in [0.1, 0.15) is 31.7 Å². The number of amides is 1. The number of carbonyl (C=O) groups is 1. The van der Waals surface area contributed by atoms with Crippen LogP contribution in [-0.4, -0.2) is 24.6 Å². The Bertz CT molecular complexity index is 475. The summed E-state index contributed by atoms with van der Waals surface area (Å²) in [4.78, 5) is 11.5. The Hall–Kier alpha value is -1.26. The first-order valence-electron chi connectivity index (χ1n) is 7.04. The third kappa shape index (κ3) is 4.69. The van der Waals surface area contributed by atoms with Crippen LogP contribution in [0.3, 0.4) is 0 Å². The molecule has 0 saturated heterocycles. The van der Waals surface area contributed by atoms with E-state index < -0.39 is 0 Å². The van der Waals surface area contributed by atoms with Gasteiger partial charge in [0, 0.05) is 12.1 Å². The summed E-state index contributed by atoms with van der Waals surface area (Å²) in [6, 6.07) is 6.08. The van der Waals surface area contributed by atoms with Gasteiger partial charge in [0.2, 0.25) is 0 Å². The summed E-state index contributed by atoms with van der Waals surface area (Å²) in [5.74, 6) is 0.437. The maximum Gasteiger partial charge on any atom is 0.258 e. The molecule has 0 aromatic heterocycles. The summed E-state index contributed by atoms with van der Waals surface area (Å²) in [6.07, 6.45) is 3.85. The van der Waals surface area contributed by atoms with Crippen molar-refractivity contribution in [3.63, 3.8) is 0 Å². The molecule has 1 aromatic carbocycles. The molecule has 4 nitrogen and oxygen atoms in total. The van der Waals surface area contributed by atoms with E-state index in [2.05, 4.69) is 12.2 Å². The number of hydrogen-bond acceptors (Lipinski definition) is 3. The fraction of sp³-hybridized carbons (Fsp3) is 0.533. The second kappa shape index (κ2) is 6.95. The Morgan fingerprint density at radius 3 is 2.90 bits per heavy atom. The van der Waals surface area contributed by atoms with Crippen molar-refractivity contribution in [2.24, 2.45) is 5.73 Å². The third-order valence-corrected chi connectivity index (χ3v) is 3.62. The zero-order chi connectivity index (χ0) is 14.5. The van der Waals surface area contributed by atoms with Crippen LogP contribution in [0.4, 0.5) is 0 Å². The highest BCUT2D eigenvalue weighted by Crippen LogP contribution is 2.26. The summed E-state index contributed by atoms with van der Waals surface area (Å²) in [5.41, 5.74) is 7.00. The number of carbonyl (C=O) groups excluding carboxylic acids is 1. The van der Waals surface area contributed by atoms with Gasteiger partial charge in [-0.1, -0.05) is 24.6 Å². The number of halogens is 1. The van der Waals surface area contributed by atoms with E-state index in [9.17, 15) is 4.79 Å². The van der Waals surface area contributed by atoms with Gasteiger partial charge in [0.25, 0.3) is 5.91 Å². The Labute approximate surface area is 124 Å². The molecule has 1 aromatic rings. The molecule has 1 fully saturated rings. The van der Waals surface area contributed by atoms with Gasteiger partial charge in [-0.25, -0.2) is 0 Å². The Balaban J connectivity index is 1.86. The first kappa shape index (κ1) is 15.1. The van der Waals surface area contributed by atoms with Crippen molar-refractivity contribution in [3.05, 3.63) is 28.8 Å². The molecule has 1 unspecified atom stereocenters. The zero-order valence-corrected chi connectivity index (χ0v) is 12.5. The number of nitrogens with one attached hydrogen (secondary N) is 1. The molecule has 1 amide bonds. The van der Waals surface area contributed by atoms with Crippen LogP contribution in [-0.2, 0) is 11.2 Å². The highest BCUT2D eigenvalue weighted by molar-refractivity contribution is 6.32. The van der Waals surface area contributed by atoms with E-state index in [4.69, 9.17) is 22.1 Å². The number of hydrogen-bond donors (Lipinski definition) is 2. The molecule has 0 heterocycles. The minimum Gasteiger partial charge on any atom is -0.482 e. The molecule has 1 atom stereocenters. The smallest absolute Gasteiger partial charge is 0.258 e. The molecule has 20 heavy (non-hydrogen) atoms. The maximum absolute atomic E-state index is 11.5. The third-order valence-electron chi connectivity index (χ3n) is 3.32. The molecule has 3 N–H and O–H groups in total. The quantitative estimate of drug-likeness (QED) is 0.811. The number of benzene rings is 1. The molecule has 0 bridgehead atoms. The Morgan fingerprint density at radius 2 is 2.30 bits per heavy atom. The minimum atomic E-state index is -0.0966. The van der Waals surface area contributed by atoms with Gasteiger partial charge in [-0.3, -0.25) is 4.79 Å². The second-order valence-corrected chi connectivity index (χ2v) is 5.67. The van der Waals surface area contributed by atoms with Crippen molar-refractivity contribution in [1.29, 1.82) is 0 Å². The molecule has 0 aliphatic heterocycles. The van der Waals surface area contributed by atoms with Gasteiger partial charge in [-0.05, 0) is 43.4 Å². The van der Waals surface area contributed by atoms with Crippen molar-refractivity contribution >= 4 is 17.5 Å². The van der Waals surface area contributed by atoms with E-state index in [1.165, 1.54) is 0 Å². The zero-order valence-electron chi connectivity index (χ0n) is 11.7. The Kier molecular flexibility index (Phi) is 5.26. The lowest BCUT2D eigenvalue weighted by molar-refractivity contribution is -0.123. The van der Waals surface area contributed by atoms with Crippen LogP contribution < -0.4 is 15.8 Å². The van der Waals surface area contributed by atoms with Gasteiger partial charge < -0.3 is 15.8 Å². The molecule has 2 rings (SSSR count). The van der Waals surface area contributed by atoms with E-state index in [1.807, 2.05) is 12.1 Å². The molecule has 1 saturated carbocycles. The van der Waals surface area contributed by atoms with Gasteiger partial charge in [-0.2, -0.15) is 0 Å². The molecule has 0 radical (unpaired) electrons. The summed E-state index contributed by atoms with van der Waals surface area (Å²) < 4.78 is 5.44. The van der Waals surface area contributed by atoms with Crippen LogP contribution >= 0.6 is 11.6 Å². The lowest BCUT2D eigenvalue weighted by Crippen LogP contribution is -2.30. The number of ether oxygens (including phenoxy) is 1. The first-order valence-corrected chi connectivity index (χ1v) is 7.42. The minimum absolute atomic E-state index is 0.00401. The van der Waals surface area contributed by atoms with Crippen LogP contribution in [0.5, 0.6) is 5.75 Å². The largest absolute Gasteiger partial charge is 0.482 e. The average Bonchev–Trinajstić information content (AvgIpc) is 3.21. The molecule has 1 aliphatic rings. The van der Waals surface area contributed by atoms with Crippen molar-refractivity contribution in [2.45, 2.75) is 44.7 Å². The van der Waals surface area contributed by atoms with Crippen molar-refractivity contribution in [1.82, 2.24) is 5.32 Å². The summed E-state index contributed by atoms with van der Waals surface area (Å²) >= 11 is 6.16. The second-order valence-electron chi connectivity index (χ2n) is 5.27. The fourth-order valence-electron chi connectivity index (χ4n) is 1.88. The lowest BCUT2D eigenvalue weighted by Gasteiger charge is -2.12. The predicted octanol–water partition coefficient (Wildman–Crippen LogP) is 2.28. The SMILES string of the molecule is CCC(N)Cc1ccc(OCC(=O)NC2CC2)c(Cl)c1. The fourth-order valence-corrected chi connectivity index (χ4v) is 2.13. The monoisotopic (exact) mass is 296 g/mol. The van der Waals surface area contributed by atoms with Crippen LogP contribution in [0.15, 0.2) is 18.2 Å². The number of rotatable bonds is 7. The van der Waals surface area contributed by atoms with E-state index in [-0.39, 0.29) is 18.6 Å². The maximum atomic E-state index is 11.5. The highest BCUT2D eigenvalue weighted by Gasteiger charge is 2.23. The molecular weight excluding hydrogens is 276 g/mol. The normalized spacial score (nSPS) is 15.8. The van der Waals surface area contributed by atoms with Crippen LogP contribution in [0.25, 0.3) is 0 Å². The predicted molar refractivity (Wildman–Crippen MR) is 80.1 cm³/mol. The van der Waals surface area contributed by atoms with Gasteiger partial charge in [0.15, 0.2) is 6.61 Å². The molecule has 0 spiro atoms. The molecular formula is C15H21ClN2O2. The van der Waals surface area contributed by atoms with Gasteiger partial charge in [0.05, 0.1) is 5.02 Å².